The second kappa shape index (κ2) is 5.24. The Hall–Kier alpha value is 0.708. The summed E-state index contributed by atoms with van der Waals surface area (Å²) in [6, 6.07) is 0. The second-order valence-corrected chi connectivity index (χ2v) is 22.5. The molecule has 0 aromatic heterocycles. The van der Waals surface area contributed by atoms with Crippen LogP contribution in [0.2, 0.25) is 52.4 Å². The topological polar surface area (TPSA) is 36.9 Å². The lowest BCUT2D eigenvalue weighted by Gasteiger charge is -2.41. The van der Waals surface area contributed by atoms with Crippen molar-refractivity contribution in [3.8, 4) is 0 Å². The van der Waals surface area contributed by atoms with E-state index in [-0.39, 0.29) is 0 Å². The van der Waals surface area contributed by atoms with Gasteiger partial charge in [0.2, 0.25) is 8.32 Å². The van der Waals surface area contributed by atoms with Gasteiger partial charge in [-0.3, -0.25) is 0 Å². The Morgan fingerprint density at radius 1 is 0.556 bits per heavy atom. The minimum absolute atomic E-state index is 0.723. The second-order valence-electron chi connectivity index (χ2n) is 7.10. The van der Waals surface area contributed by atoms with Crippen molar-refractivity contribution in [1.29, 1.82) is 0 Å². The summed E-state index contributed by atoms with van der Waals surface area (Å²) in [5.41, 5.74) is 0. The molecular formula is C10H28O4Si4. The van der Waals surface area contributed by atoms with Gasteiger partial charge in [-0.15, -0.1) is 0 Å². The summed E-state index contributed by atoms with van der Waals surface area (Å²) in [7, 11) is -7.76. The highest BCUT2D eigenvalue weighted by Crippen LogP contribution is 2.24. The lowest BCUT2D eigenvalue weighted by Crippen LogP contribution is -2.59. The molecule has 0 unspecified atom stereocenters. The first-order valence-electron chi connectivity index (χ1n) is 6.51. The molecule has 4 nitrogen and oxygen atoms in total. The number of hydrogen-bond donors (Lipinski definition) is 0. The van der Waals surface area contributed by atoms with Crippen LogP contribution in [0.5, 0.6) is 0 Å². The Balaban J connectivity index is 2.91. The Kier molecular flexibility index (Phi) is 4.88. The van der Waals surface area contributed by atoms with Gasteiger partial charge in [0.1, 0.15) is 0 Å². The van der Waals surface area contributed by atoms with Crippen LogP contribution in [-0.2, 0) is 17.1 Å². The molecule has 8 heteroatoms. The zero-order valence-electron chi connectivity index (χ0n) is 13.0. The first-order valence-corrected chi connectivity index (χ1v) is 18.4. The van der Waals surface area contributed by atoms with E-state index in [0.29, 0.717) is 0 Å². The molecule has 0 atom stereocenters. The van der Waals surface area contributed by atoms with E-state index in [9.17, 15) is 0 Å². The highest BCUT2D eigenvalue weighted by Gasteiger charge is 2.44. The van der Waals surface area contributed by atoms with Gasteiger partial charge in [-0.05, 0) is 52.4 Å². The molecule has 0 saturated carbocycles. The van der Waals surface area contributed by atoms with E-state index in [4.69, 9.17) is 17.1 Å². The van der Waals surface area contributed by atoms with Gasteiger partial charge in [0.15, 0.2) is 8.32 Å². The van der Waals surface area contributed by atoms with E-state index in [1.54, 1.807) is 0 Å². The zero-order chi connectivity index (χ0) is 14.2. The van der Waals surface area contributed by atoms with Crippen molar-refractivity contribution in [2.45, 2.75) is 52.4 Å². The van der Waals surface area contributed by atoms with Crippen LogP contribution in [0.1, 0.15) is 0 Å². The van der Waals surface area contributed by atoms with Crippen molar-refractivity contribution < 1.29 is 17.1 Å². The molecule has 1 saturated heterocycles. The van der Waals surface area contributed by atoms with Crippen LogP contribution >= 0.6 is 0 Å². The molecule has 1 rings (SSSR count). The third-order valence-electron chi connectivity index (χ3n) is 2.59. The maximum atomic E-state index is 6.34. The third-order valence-corrected chi connectivity index (χ3v) is 14.7. The maximum Gasteiger partial charge on any atom is 0.322 e. The van der Waals surface area contributed by atoms with Gasteiger partial charge in [-0.1, -0.05) is 0 Å². The predicted octanol–water partition coefficient (Wildman–Crippen LogP) is 2.96. The van der Waals surface area contributed by atoms with Crippen molar-refractivity contribution in [2.24, 2.45) is 0 Å². The molecule has 0 aliphatic carbocycles. The van der Waals surface area contributed by atoms with E-state index in [0.717, 1.165) is 12.5 Å². The summed E-state index contributed by atoms with van der Waals surface area (Å²) in [6.45, 7) is 17.3. The summed E-state index contributed by atoms with van der Waals surface area (Å²) < 4.78 is 24.8. The Morgan fingerprint density at radius 3 is 1.61 bits per heavy atom. The average molecular weight is 325 g/mol. The standard InChI is InChI=1S/C10H28O4Si4/c1-15(2)10-12-17(5,6)14-18(7,8)13-16(3,4)9-11-15/h9-10H2,1-8H3. The number of rotatable bonds is 0. The molecule has 0 spiro atoms. The van der Waals surface area contributed by atoms with Crippen molar-refractivity contribution in [1.82, 2.24) is 0 Å². The van der Waals surface area contributed by atoms with E-state index >= 15 is 0 Å². The van der Waals surface area contributed by atoms with E-state index in [1.165, 1.54) is 0 Å². The molecule has 0 bridgehead atoms. The molecule has 0 radical (unpaired) electrons. The Morgan fingerprint density at radius 2 is 1.06 bits per heavy atom. The van der Waals surface area contributed by atoms with Gasteiger partial charge in [-0.2, -0.15) is 0 Å². The normalized spacial score (nSPS) is 30.7. The molecule has 1 aliphatic heterocycles. The molecule has 0 N–H and O–H groups in total. The van der Waals surface area contributed by atoms with E-state index in [1.807, 2.05) is 0 Å². The summed E-state index contributed by atoms with van der Waals surface area (Å²) in [5.74, 6) is 0. The van der Waals surface area contributed by atoms with Crippen LogP contribution in [0, 0.1) is 0 Å². The van der Waals surface area contributed by atoms with Crippen molar-refractivity contribution in [3.05, 3.63) is 0 Å². The zero-order valence-corrected chi connectivity index (χ0v) is 17.0. The van der Waals surface area contributed by atoms with Crippen LogP contribution < -0.4 is 0 Å². The quantitative estimate of drug-likeness (QED) is 0.642. The minimum Gasteiger partial charge on any atom is -0.435 e. The van der Waals surface area contributed by atoms with Crippen LogP contribution in [0.3, 0.4) is 0 Å². The third kappa shape index (κ3) is 5.78. The predicted molar refractivity (Wildman–Crippen MR) is 84.0 cm³/mol. The van der Waals surface area contributed by atoms with Crippen molar-refractivity contribution >= 4 is 33.8 Å². The van der Waals surface area contributed by atoms with Gasteiger partial charge in [0.25, 0.3) is 0 Å². The lowest BCUT2D eigenvalue weighted by atomic mass is 11.7. The average Bonchev–Trinajstić information content (AvgIpc) is 2.08. The van der Waals surface area contributed by atoms with Gasteiger partial charge < -0.3 is 17.1 Å². The molecule has 1 aliphatic rings. The lowest BCUT2D eigenvalue weighted by molar-refractivity contribution is 0.224. The highest BCUT2D eigenvalue weighted by atomic mass is 28.5. The Labute approximate surface area is 116 Å². The highest BCUT2D eigenvalue weighted by molar-refractivity contribution is 6.87. The number of hydrogen-bond acceptors (Lipinski definition) is 4. The smallest absolute Gasteiger partial charge is 0.322 e. The molecule has 0 aromatic carbocycles. The van der Waals surface area contributed by atoms with Crippen LogP contribution in [0.15, 0.2) is 0 Å². The molecule has 0 aromatic rings. The largest absolute Gasteiger partial charge is 0.435 e. The monoisotopic (exact) mass is 324 g/mol. The minimum atomic E-state index is -2.11. The van der Waals surface area contributed by atoms with E-state index in [2.05, 4.69) is 52.4 Å². The van der Waals surface area contributed by atoms with Gasteiger partial charge in [0, 0.05) is 0 Å². The van der Waals surface area contributed by atoms with Gasteiger partial charge >= 0.3 is 17.1 Å². The van der Waals surface area contributed by atoms with Gasteiger partial charge in [-0.25, -0.2) is 0 Å². The van der Waals surface area contributed by atoms with Crippen LogP contribution in [-0.4, -0.2) is 46.2 Å². The van der Waals surface area contributed by atoms with Gasteiger partial charge in [0.05, 0.1) is 12.5 Å². The van der Waals surface area contributed by atoms with Crippen molar-refractivity contribution in [3.63, 3.8) is 0 Å². The first-order chi connectivity index (χ1) is 7.83. The summed E-state index contributed by atoms with van der Waals surface area (Å²) in [4.78, 5) is 0. The van der Waals surface area contributed by atoms with E-state index < -0.39 is 33.8 Å². The van der Waals surface area contributed by atoms with Crippen LogP contribution in [0.25, 0.3) is 0 Å². The molecule has 0 amide bonds. The fourth-order valence-corrected chi connectivity index (χ4v) is 19.0. The Bertz CT molecular complexity index is 278. The molecule has 18 heavy (non-hydrogen) atoms. The molecule has 108 valence electrons. The summed E-state index contributed by atoms with van der Waals surface area (Å²) in [5, 5.41) is 0. The first kappa shape index (κ1) is 16.8. The molecular weight excluding hydrogens is 296 g/mol. The molecule has 1 fully saturated rings. The summed E-state index contributed by atoms with van der Waals surface area (Å²) >= 11 is 0. The fraction of sp³-hybridized carbons (Fsp3) is 1.00. The van der Waals surface area contributed by atoms with Crippen LogP contribution in [0.4, 0.5) is 0 Å². The molecule has 1 heterocycles. The fourth-order valence-electron chi connectivity index (χ4n) is 2.10. The summed E-state index contributed by atoms with van der Waals surface area (Å²) in [6.07, 6.45) is 1.47. The maximum absolute atomic E-state index is 6.34. The SMILES string of the molecule is C[Si]1(C)CO[Si](C)(C)O[Si](C)(C)O[Si](C)(C)CO1. The van der Waals surface area contributed by atoms with Crippen molar-refractivity contribution in [2.75, 3.05) is 12.5 Å².